The molecule has 1 saturated carbocycles. The van der Waals surface area contributed by atoms with Gasteiger partial charge in [-0.25, -0.2) is 0 Å². The molecule has 1 aliphatic heterocycles. The molecular weight excluding hydrogens is 226 g/mol. The first-order chi connectivity index (χ1) is 8.14. The fourth-order valence-electron chi connectivity index (χ4n) is 3.16. The van der Waals surface area contributed by atoms with Crippen LogP contribution in [0.25, 0.3) is 0 Å². The first-order valence-corrected chi connectivity index (χ1v) is 7.60. The number of thioether (sulfide) groups is 1. The van der Waals surface area contributed by atoms with Crippen molar-refractivity contribution in [1.29, 1.82) is 0 Å². The van der Waals surface area contributed by atoms with Crippen LogP contribution in [0.5, 0.6) is 0 Å². The van der Waals surface area contributed by atoms with E-state index < -0.39 is 0 Å². The Hall–Kier alpha value is -0.470. The highest BCUT2D eigenvalue weighted by Crippen LogP contribution is 2.41. The van der Waals surface area contributed by atoms with Crippen LogP contribution < -0.4 is 5.32 Å². The second-order valence-electron chi connectivity index (χ2n) is 6.17. The number of hydrogen-bond acceptors (Lipinski definition) is 2. The van der Waals surface area contributed by atoms with Crippen LogP contribution in [0.4, 0.5) is 0 Å². The van der Waals surface area contributed by atoms with Crippen molar-refractivity contribution in [3.8, 4) is 0 Å². The lowest BCUT2D eigenvalue weighted by atomic mass is 9.91. The number of nitrogens with one attached hydrogen (secondary N) is 1. The average molecular weight is 247 g/mol. The normalized spacial score (nSPS) is 30.5. The van der Waals surface area contributed by atoms with E-state index in [9.17, 15) is 0 Å². The molecule has 1 nitrogen and oxygen atoms in total. The first kappa shape index (κ1) is 11.6. The van der Waals surface area contributed by atoms with Gasteiger partial charge in [0.2, 0.25) is 0 Å². The largest absolute Gasteiger partial charge is 0.306 e. The van der Waals surface area contributed by atoms with Crippen molar-refractivity contribution < 1.29 is 0 Å². The molecule has 2 atom stereocenters. The van der Waals surface area contributed by atoms with E-state index in [2.05, 4.69) is 43.4 Å². The highest BCUT2D eigenvalue weighted by Gasteiger charge is 2.33. The molecule has 1 aliphatic carbocycles. The van der Waals surface area contributed by atoms with Gasteiger partial charge in [-0.1, -0.05) is 32.0 Å². The maximum atomic E-state index is 3.87. The molecule has 1 aromatic rings. The Bertz CT molecular complexity index is 413. The maximum Gasteiger partial charge on any atom is 0.0428 e. The molecule has 92 valence electrons. The van der Waals surface area contributed by atoms with Crippen LogP contribution in [0.1, 0.15) is 44.7 Å². The molecule has 3 rings (SSSR count). The zero-order valence-corrected chi connectivity index (χ0v) is 11.5. The van der Waals surface area contributed by atoms with E-state index >= 15 is 0 Å². The Labute approximate surface area is 108 Å². The summed E-state index contributed by atoms with van der Waals surface area (Å²) >= 11 is 2.00. The van der Waals surface area contributed by atoms with Gasteiger partial charge >= 0.3 is 0 Å². The van der Waals surface area contributed by atoms with E-state index in [0.29, 0.717) is 11.5 Å². The van der Waals surface area contributed by atoms with E-state index in [1.54, 1.807) is 0 Å². The summed E-state index contributed by atoms with van der Waals surface area (Å²) < 4.78 is 0. The summed E-state index contributed by atoms with van der Waals surface area (Å²) in [5, 5.41) is 3.87. The summed E-state index contributed by atoms with van der Waals surface area (Å²) in [6, 6.07) is 10.1. The molecule has 1 N–H and O–H groups in total. The van der Waals surface area contributed by atoms with Gasteiger partial charge in [-0.3, -0.25) is 0 Å². The second-order valence-corrected chi connectivity index (χ2v) is 7.23. The van der Waals surface area contributed by atoms with Gasteiger partial charge in [0.15, 0.2) is 0 Å². The van der Waals surface area contributed by atoms with E-state index in [4.69, 9.17) is 0 Å². The summed E-state index contributed by atoms with van der Waals surface area (Å²) in [5.41, 5.74) is 2.06. The molecule has 2 heteroatoms. The topological polar surface area (TPSA) is 12.0 Å². The third kappa shape index (κ3) is 2.38. The highest BCUT2D eigenvalue weighted by atomic mass is 32.2. The van der Waals surface area contributed by atoms with Crippen molar-refractivity contribution >= 4 is 11.8 Å². The third-order valence-corrected chi connectivity index (χ3v) is 5.29. The first-order valence-electron chi connectivity index (χ1n) is 6.62. The Morgan fingerprint density at radius 3 is 2.88 bits per heavy atom. The number of fused-ring (bicyclic) bond motifs is 1. The lowest BCUT2D eigenvalue weighted by Crippen LogP contribution is -2.31. The predicted octanol–water partition coefficient (Wildman–Crippen LogP) is 4.00. The van der Waals surface area contributed by atoms with Crippen molar-refractivity contribution in [1.82, 2.24) is 5.32 Å². The van der Waals surface area contributed by atoms with Crippen LogP contribution in [-0.2, 0) is 0 Å². The minimum Gasteiger partial charge on any atom is -0.306 e. The van der Waals surface area contributed by atoms with Crippen LogP contribution in [-0.4, -0.2) is 11.8 Å². The smallest absolute Gasteiger partial charge is 0.0428 e. The molecule has 0 bridgehead atoms. The summed E-state index contributed by atoms with van der Waals surface area (Å²) in [5.74, 6) is 1.20. The van der Waals surface area contributed by atoms with Gasteiger partial charge < -0.3 is 5.32 Å². The van der Waals surface area contributed by atoms with Crippen LogP contribution in [0, 0.1) is 5.41 Å². The average Bonchev–Trinajstić information content (AvgIpc) is 2.84. The van der Waals surface area contributed by atoms with Crippen LogP contribution in [0.2, 0.25) is 0 Å². The van der Waals surface area contributed by atoms with E-state index in [1.807, 2.05) is 11.8 Å². The molecule has 1 aromatic carbocycles. The monoisotopic (exact) mass is 247 g/mol. The highest BCUT2D eigenvalue weighted by molar-refractivity contribution is 7.99. The molecule has 2 unspecified atom stereocenters. The SMILES string of the molecule is CC1(C)CCC(NC2CSc3ccccc32)C1. The van der Waals surface area contributed by atoms with Gasteiger partial charge in [0.05, 0.1) is 0 Å². The van der Waals surface area contributed by atoms with Crippen LogP contribution in [0.15, 0.2) is 29.2 Å². The van der Waals surface area contributed by atoms with Gasteiger partial charge in [-0.15, -0.1) is 11.8 Å². The second kappa shape index (κ2) is 4.33. The van der Waals surface area contributed by atoms with Crippen molar-refractivity contribution in [2.45, 2.75) is 50.1 Å². The van der Waals surface area contributed by atoms with Crippen molar-refractivity contribution in [3.63, 3.8) is 0 Å². The Morgan fingerprint density at radius 2 is 2.12 bits per heavy atom. The zero-order chi connectivity index (χ0) is 11.9. The van der Waals surface area contributed by atoms with Gasteiger partial charge in [-0.2, -0.15) is 0 Å². The minimum atomic E-state index is 0.545. The summed E-state index contributed by atoms with van der Waals surface area (Å²) in [4.78, 5) is 1.47. The van der Waals surface area contributed by atoms with Crippen molar-refractivity contribution in [2.24, 2.45) is 5.41 Å². The molecule has 1 heterocycles. The maximum absolute atomic E-state index is 3.87. The summed E-state index contributed by atoms with van der Waals surface area (Å²) in [6.45, 7) is 4.79. The minimum absolute atomic E-state index is 0.545. The standard InChI is InChI=1S/C15H21NS/c1-15(2)8-7-11(9-15)16-13-10-17-14-6-4-3-5-12(13)14/h3-6,11,13,16H,7-10H2,1-2H3. The summed E-state index contributed by atoms with van der Waals surface area (Å²) in [7, 11) is 0. The number of benzene rings is 1. The lowest BCUT2D eigenvalue weighted by molar-refractivity contribution is 0.357. The fraction of sp³-hybridized carbons (Fsp3) is 0.600. The molecule has 0 radical (unpaired) electrons. The van der Waals surface area contributed by atoms with E-state index in [-0.39, 0.29) is 0 Å². The molecule has 17 heavy (non-hydrogen) atoms. The van der Waals surface area contributed by atoms with Crippen LogP contribution >= 0.6 is 11.8 Å². The van der Waals surface area contributed by atoms with E-state index in [0.717, 1.165) is 6.04 Å². The molecule has 0 spiro atoms. The fourth-order valence-corrected chi connectivity index (χ4v) is 4.34. The van der Waals surface area contributed by atoms with Gasteiger partial charge in [-0.05, 0) is 36.3 Å². The molecule has 2 aliphatic rings. The summed E-state index contributed by atoms with van der Waals surface area (Å²) in [6.07, 6.45) is 4.04. The third-order valence-electron chi connectivity index (χ3n) is 4.11. The quantitative estimate of drug-likeness (QED) is 0.847. The number of hydrogen-bond donors (Lipinski definition) is 1. The molecular formula is C15H21NS. The van der Waals surface area contributed by atoms with E-state index in [1.165, 1.54) is 35.5 Å². The number of rotatable bonds is 2. The van der Waals surface area contributed by atoms with Gasteiger partial charge in [0.1, 0.15) is 0 Å². The molecule has 0 aromatic heterocycles. The zero-order valence-electron chi connectivity index (χ0n) is 10.7. The molecule has 0 saturated heterocycles. The lowest BCUT2D eigenvalue weighted by Gasteiger charge is -2.21. The Morgan fingerprint density at radius 1 is 1.29 bits per heavy atom. The Kier molecular flexibility index (Phi) is 2.95. The molecule has 1 fully saturated rings. The van der Waals surface area contributed by atoms with Crippen molar-refractivity contribution in [2.75, 3.05) is 5.75 Å². The van der Waals surface area contributed by atoms with Gasteiger partial charge in [0.25, 0.3) is 0 Å². The van der Waals surface area contributed by atoms with Gasteiger partial charge in [0, 0.05) is 22.7 Å². The van der Waals surface area contributed by atoms with Crippen molar-refractivity contribution in [3.05, 3.63) is 29.8 Å². The van der Waals surface area contributed by atoms with Crippen LogP contribution in [0.3, 0.4) is 0 Å². The Balaban J connectivity index is 1.68. The predicted molar refractivity (Wildman–Crippen MR) is 74.5 cm³/mol. The molecule has 0 amide bonds.